The van der Waals surface area contributed by atoms with Crippen LogP contribution >= 0.6 is 23.2 Å². The number of benzene rings is 1. The molecule has 1 rings (SSSR count). The maximum absolute atomic E-state index is 12.9. The van der Waals surface area contributed by atoms with Crippen LogP contribution in [-0.2, 0) is 0 Å². The normalized spacial score (nSPS) is 14.8. The second-order valence-corrected chi connectivity index (χ2v) is 4.17. The molecule has 0 amide bonds. The van der Waals surface area contributed by atoms with E-state index < -0.39 is 23.7 Å². The van der Waals surface area contributed by atoms with Crippen molar-refractivity contribution < 1.29 is 22.0 Å². The van der Waals surface area contributed by atoms with Gasteiger partial charge in [-0.1, -0.05) is 23.2 Å². The largest absolute Gasteiger partial charge is 0.455 e. The summed E-state index contributed by atoms with van der Waals surface area (Å²) in [5.41, 5.74) is 4.43. The van der Waals surface area contributed by atoms with Gasteiger partial charge in [0.15, 0.2) is 0 Å². The molecule has 1 atom stereocenters. The monoisotopic (exact) mass is 293 g/mol. The Labute approximate surface area is 103 Å². The van der Waals surface area contributed by atoms with Gasteiger partial charge in [0.2, 0.25) is 0 Å². The lowest BCUT2D eigenvalue weighted by Gasteiger charge is -2.26. The van der Waals surface area contributed by atoms with Gasteiger partial charge >= 0.3 is 12.1 Å². The average Bonchev–Trinajstić information content (AvgIpc) is 2.13. The summed E-state index contributed by atoms with van der Waals surface area (Å²) >= 11 is 11.0. The van der Waals surface area contributed by atoms with Crippen molar-refractivity contribution >= 4 is 23.2 Å². The molecule has 0 radical (unpaired) electrons. The molecular weight excluding hydrogens is 288 g/mol. The Kier molecular flexibility index (Phi) is 3.91. The predicted molar refractivity (Wildman–Crippen MR) is 54.4 cm³/mol. The van der Waals surface area contributed by atoms with Gasteiger partial charge in [-0.15, -0.1) is 0 Å². The van der Waals surface area contributed by atoms with Gasteiger partial charge in [-0.3, -0.25) is 0 Å². The molecule has 1 aromatic rings. The van der Waals surface area contributed by atoms with Crippen molar-refractivity contribution in [3.8, 4) is 0 Å². The Bertz CT molecular complexity index is 398. The van der Waals surface area contributed by atoms with Crippen molar-refractivity contribution in [2.45, 2.75) is 18.1 Å². The fourth-order valence-corrected chi connectivity index (χ4v) is 1.68. The molecule has 0 unspecified atom stereocenters. The highest BCUT2D eigenvalue weighted by atomic mass is 35.5. The van der Waals surface area contributed by atoms with Crippen LogP contribution in [0.4, 0.5) is 22.0 Å². The lowest BCUT2D eigenvalue weighted by Crippen LogP contribution is -2.45. The van der Waals surface area contributed by atoms with Crippen LogP contribution in [0.1, 0.15) is 11.6 Å². The van der Waals surface area contributed by atoms with Crippen LogP contribution in [0.2, 0.25) is 10.0 Å². The Balaban J connectivity index is 3.16. The van der Waals surface area contributed by atoms with Crippen molar-refractivity contribution in [3.05, 3.63) is 33.8 Å². The Morgan fingerprint density at radius 3 is 1.71 bits per heavy atom. The molecule has 0 fully saturated rings. The van der Waals surface area contributed by atoms with E-state index in [0.717, 1.165) is 12.1 Å². The minimum Gasteiger partial charge on any atom is -0.319 e. The zero-order chi connectivity index (χ0) is 13.4. The zero-order valence-electron chi connectivity index (χ0n) is 8.03. The molecule has 17 heavy (non-hydrogen) atoms. The zero-order valence-corrected chi connectivity index (χ0v) is 9.54. The van der Waals surface area contributed by atoms with Crippen molar-refractivity contribution in [1.82, 2.24) is 0 Å². The summed E-state index contributed by atoms with van der Waals surface area (Å²) in [5.74, 6) is -5.05. The molecule has 1 nitrogen and oxygen atoms in total. The molecule has 2 N–H and O–H groups in total. The first-order valence-corrected chi connectivity index (χ1v) is 4.97. The first kappa shape index (κ1) is 14.5. The van der Waals surface area contributed by atoms with Crippen molar-refractivity contribution in [2.24, 2.45) is 5.73 Å². The number of hydrogen-bond acceptors (Lipinski definition) is 1. The van der Waals surface area contributed by atoms with Crippen LogP contribution in [0.3, 0.4) is 0 Å². The smallest absolute Gasteiger partial charge is 0.319 e. The summed E-state index contributed by atoms with van der Waals surface area (Å²) in [5, 5.41) is -0.137. The van der Waals surface area contributed by atoms with E-state index in [1.165, 1.54) is 6.07 Å². The second-order valence-electron chi connectivity index (χ2n) is 3.30. The van der Waals surface area contributed by atoms with E-state index in [-0.39, 0.29) is 10.0 Å². The molecule has 0 aliphatic rings. The Morgan fingerprint density at radius 2 is 1.35 bits per heavy atom. The van der Waals surface area contributed by atoms with Crippen LogP contribution in [0.5, 0.6) is 0 Å². The van der Waals surface area contributed by atoms with E-state index in [9.17, 15) is 22.0 Å². The van der Waals surface area contributed by atoms with E-state index in [0.29, 0.717) is 0 Å². The van der Waals surface area contributed by atoms with Gasteiger partial charge < -0.3 is 5.73 Å². The third-order valence-corrected chi connectivity index (χ3v) is 2.45. The quantitative estimate of drug-likeness (QED) is 0.813. The Morgan fingerprint density at radius 1 is 0.941 bits per heavy atom. The van der Waals surface area contributed by atoms with E-state index in [1.807, 2.05) is 0 Å². The molecular formula is C9H6Cl2F5N. The SMILES string of the molecule is N[C@@H](c1cc(Cl)cc(Cl)c1)C(F)(F)C(F)(F)F. The number of rotatable bonds is 2. The maximum atomic E-state index is 12.9. The average molecular weight is 294 g/mol. The molecule has 0 spiro atoms. The number of alkyl halides is 5. The van der Waals surface area contributed by atoms with Gasteiger partial charge in [0.1, 0.15) is 6.04 Å². The van der Waals surface area contributed by atoms with Gasteiger partial charge in [0, 0.05) is 10.0 Å². The third kappa shape index (κ3) is 3.00. The number of halogens is 7. The Hall–Kier alpha value is -0.590. The highest BCUT2D eigenvalue weighted by Crippen LogP contribution is 2.43. The van der Waals surface area contributed by atoms with Gasteiger partial charge in [-0.05, 0) is 23.8 Å². The number of nitrogens with two attached hydrogens (primary N) is 1. The minimum absolute atomic E-state index is 0.0686. The van der Waals surface area contributed by atoms with Crippen LogP contribution in [0, 0.1) is 0 Å². The van der Waals surface area contributed by atoms with Crippen molar-refractivity contribution in [3.63, 3.8) is 0 Å². The summed E-state index contributed by atoms with van der Waals surface area (Å²) in [4.78, 5) is 0. The van der Waals surface area contributed by atoms with E-state index in [1.54, 1.807) is 0 Å². The summed E-state index contributed by atoms with van der Waals surface area (Å²) in [7, 11) is 0. The van der Waals surface area contributed by atoms with Gasteiger partial charge in [-0.25, -0.2) is 0 Å². The van der Waals surface area contributed by atoms with Crippen LogP contribution in [0.25, 0.3) is 0 Å². The molecule has 96 valence electrons. The molecule has 0 heterocycles. The standard InChI is InChI=1S/C9H6Cl2F5N/c10-5-1-4(2-6(11)3-5)7(17)8(12,13)9(14,15)16/h1-3,7H,17H2/t7-/m0/s1. The van der Waals surface area contributed by atoms with E-state index in [4.69, 9.17) is 28.9 Å². The maximum Gasteiger partial charge on any atom is 0.455 e. The van der Waals surface area contributed by atoms with Crippen LogP contribution < -0.4 is 5.73 Å². The third-order valence-electron chi connectivity index (χ3n) is 2.01. The second kappa shape index (κ2) is 4.59. The molecule has 8 heteroatoms. The lowest BCUT2D eigenvalue weighted by atomic mass is 10.0. The topological polar surface area (TPSA) is 26.0 Å². The van der Waals surface area contributed by atoms with Crippen LogP contribution in [-0.4, -0.2) is 12.1 Å². The summed E-state index contributed by atoms with van der Waals surface area (Å²) in [6, 6.07) is 0.472. The molecule has 0 saturated heterocycles. The van der Waals surface area contributed by atoms with E-state index >= 15 is 0 Å². The first-order chi connectivity index (χ1) is 7.55. The van der Waals surface area contributed by atoms with Crippen molar-refractivity contribution in [2.75, 3.05) is 0 Å². The molecule has 0 bridgehead atoms. The number of hydrogen-bond donors (Lipinski definition) is 1. The molecule has 0 aromatic heterocycles. The fraction of sp³-hybridized carbons (Fsp3) is 0.333. The molecule has 0 saturated carbocycles. The van der Waals surface area contributed by atoms with Crippen LogP contribution in [0.15, 0.2) is 18.2 Å². The lowest BCUT2D eigenvalue weighted by molar-refractivity contribution is -0.291. The highest BCUT2D eigenvalue weighted by Gasteiger charge is 2.61. The van der Waals surface area contributed by atoms with Gasteiger partial charge in [0.25, 0.3) is 0 Å². The highest BCUT2D eigenvalue weighted by molar-refractivity contribution is 6.34. The molecule has 1 aromatic carbocycles. The van der Waals surface area contributed by atoms with Crippen molar-refractivity contribution in [1.29, 1.82) is 0 Å². The fourth-order valence-electron chi connectivity index (χ4n) is 1.14. The van der Waals surface area contributed by atoms with Gasteiger partial charge in [0.05, 0.1) is 0 Å². The predicted octanol–water partition coefficient (Wildman–Crippen LogP) is 4.19. The minimum atomic E-state index is -5.73. The molecule has 0 aliphatic carbocycles. The summed E-state index contributed by atoms with van der Waals surface area (Å²) in [6.07, 6.45) is -5.73. The van der Waals surface area contributed by atoms with E-state index in [2.05, 4.69) is 0 Å². The van der Waals surface area contributed by atoms with Gasteiger partial charge in [-0.2, -0.15) is 22.0 Å². The molecule has 0 aliphatic heterocycles. The first-order valence-electron chi connectivity index (χ1n) is 4.22. The summed E-state index contributed by atoms with van der Waals surface area (Å²) < 4.78 is 62.1. The summed E-state index contributed by atoms with van der Waals surface area (Å²) in [6.45, 7) is 0.